The Kier molecular flexibility index (Phi) is 7.37. The van der Waals surface area contributed by atoms with Crippen molar-refractivity contribution in [3.05, 3.63) is 48.0 Å². The Hall–Kier alpha value is -3.42. The van der Waals surface area contributed by atoms with Crippen LogP contribution in [0.25, 0.3) is 0 Å². The van der Waals surface area contributed by atoms with E-state index in [0.29, 0.717) is 31.1 Å². The van der Waals surface area contributed by atoms with E-state index in [1.165, 1.54) is 0 Å². The first-order chi connectivity index (χ1) is 14.6. The van der Waals surface area contributed by atoms with E-state index in [2.05, 4.69) is 16.0 Å². The fourth-order valence-electron chi connectivity index (χ4n) is 3.12. The molecule has 0 spiro atoms. The van der Waals surface area contributed by atoms with E-state index in [9.17, 15) is 9.59 Å². The maximum absolute atomic E-state index is 12.5. The van der Waals surface area contributed by atoms with Crippen LogP contribution in [0.5, 0.6) is 11.5 Å². The van der Waals surface area contributed by atoms with Crippen molar-refractivity contribution in [1.29, 1.82) is 0 Å². The number of aryl methyl sites for hydroxylation is 1. The minimum Gasteiger partial charge on any atom is -0.454 e. The van der Waals surface area contributed by atoms with Crippen LogP contribution in [0.2, 0.25) is 0 Å². The maximum Gasteiger partial charge on any atom is 0.321 e. The summed E-state index contributed by atoms with van der Waals surface area (Å²) in [5, 5.41) is 8.54. The molecule has 1 aliphatic rings. The molecule has 0 aliphatic carbocycles. The van der Waals surface area contributed by atoms with Crippen LogP contribution in [0.4, 0.5) is 21.0 Å². The van der Waals surface area contributed by atoms with E-state index in [1.54, 1.807) is 11.0 Å². The number of amides is 4. The molecule has 3 N–H and O–H groups in total. The topological polar surface area (TPSA) is 91.9 Å². The van der Waals surface area contributed by atoms with Crippen molar-refractivity contribution in [3.63, 3.8) is 0 Å². The van der Waals surface area contributed by atoms with Gasteiger partial charge in [0.15, 0.2) is 11.5 Å². The monoisotopic (exact) mass is 412 g/mol. The van der Waals surface area contributed by atoms with Crippen LogP contribution < -0.4 is 30.3 Å². The van der Waals surface area contributed by atoms with Crippen LogP contribution in [0.3, 0.4) is 0 Å². The van der Waals surface area contributed by atoms with Crippen LogP contribution in [-0.4, -0.2) is 38.5 Å². The lowest BCUT2D eigenvalue weighted by Gasteiger charge is -2.23. The smallest absolute Gasteiger partial charge is 0.321 e. The Morgan fingerprint density at radius 2 is 1.83 bits per heavy atom. The van der Waals surface area contributed by atoms with E-state index in [0.717, 1.165) is 29.8 Å². The van der Waals surface area contributed by atoms with E-state index >= 15 is 0 Å². The third-order valence-electron chi connectivity index (χ3n) is 4.73. The van der Waals surface area contributed by atoms with Crippen LogP contribution >= 0.6 is 0 Å². The van der Waals surface area contributed by atoms with Gasteiger partial charge >= 0.3 is 12.1 Å². The average molecular weight is 412 g/mol. The van der Waals surface area contributed by atoms with Crippen LogP contribution in [-0.2, 0) is 0 Å². The van der Waals surface area contributed by atoms with Gasteiger partial charge in [-0.2, -0.15) is 0 Å². The van der Waals surface area contributed by atoms with Crippen molar-refractivity contribution in [2.45, 2.75) is 26.7 Å². The van der Waals surface area contributed by atoms with Crippen LogP contribution in [0.1, 0.15) is 25.3 Å². The van der Waals surface area contributed by atoms with Gasteiger partial charge in [-0.1, -0.05) is 18.2 Å². The zero-order valence-electron chi connectivity index (χ0n) is 17.4. The van der Waals surface area contributed by atoms with Crippen molar-refractivity contribution in [2.24, 2.45) is 0 Å². The van der Waals surface area contributed by atoms with E-state index in [1.807, 2.05) is 50.2 Å². The number of carbonyl (C=O) groups excluding carboxylic acids is 2. The number of hydrogen-bond donors (Lipinski definition) is 3. The number of nitrogens with one attached hydrogen (secondary N) is 3. The van der Waals surface area contributed by atoms with Crippen LogP contribution in [0, 0.1) is 6.92 Å². The largest absolute Gasteiger partial charge is 0.454 e. The summed E-state index contributed by atoms with van der Waals surface area (Å²) in [5.41, 5.74) is 2.55. The molecule has 2 aromatic rings. The predicted octanol–water partition coefficient (Wildman–Crippen LogP) is 3.86. The molecule has 4 amide bonds. The lowest BCUT2D eigenvalue weighted by Crippen LogP contribution is -2.40. The van der Waals surface area contributed by atoms with Crippen molar-refractivity contribution in [1.82, 2.24) is 10.6 Å². The predicted molar refractivity (Wildman–Crippen MR) is 116 cm³/mol. The van der Waals surface area contributed by atoms with Gasteiger partial charge in [-0.05, 0) is 50.5 Å². The Morgan fingerprint density at radius 3 is 2.63 bits per heavy atom. The molecule has 0 saturated heterocycles. The molecule has 0 radical (unpaired) electrons. The molecule has 0 fully saturated rings. The molecule has 0 unspecified atom stereocenters. The zero-order chi connectivity index (χ0) is 21.3. The van der Waals surface area contributed by atoms with Crippen molar-refractivity contribution in [3.8, 4) is 11.5 Å². The summed E-state index contributed by atoms with van der Waals surface area (Å²) in [6.07, 6.45) is 1.47. The number of anilines is 2. The number of unbranched alkanes of at least 4 members (excludes halogenated alkanes) is 1. The van der Waals surface area contributed by atoms with E-state index < -0.39 is 0 Å². The molecule has 0 atom stereocenters. The summed E-state index contributed by atoms with van der Waals surface area (Å²) in [6.45, 7) is 5.60. The van der Waals surface area contributed by atoms with Gasteiger partial charge in [0.1, 0.15) is 0 Å². The molecule has 8 nitrogen and oxygen atoms in total. The number of rotatable bonds is 8. The van der Waals surface area contributed by atoms with E-state index in [4.69, 9.17) is 9.47 Å². The molecule has 1 heterocycles. The second kappa shape index (κ2) is 10.4. The van der Waals surface area contributed by atoms with Gasteiger partial charge in [0.05, 0.1) is 0 Å². The maximum atomic E-state index is 12.5. The first-order valence-corrected chi connectivity index (χ1v) is 10.1. The second-order valence-corrected chi connectivity index (χ2v) is 6.93. The van der Waals surface area contributed by atoms with Crippen LogP contribution in [0.15, 0.2) is 42.5 Å². The van der Waals surface area contributed by atoms with Gasteiger partial charge in [-0.3, -0.25) is 4.90 Å². The van der Waals surface area contributed by atoms with Gasteiger partial charge in [-0.25, -0.2) is 9.59 Å². The second-order valence-electron chi connectivity index (χ2n) is 6.93. The first-order valence-electron chi connectivity index (χ1n) is 10.1. The Morgan fingerprint density at radius 1 is 1.03 bits per heavy atom. The minimum atomic E-state index is -0.236. The molecule has 30 heavy (non-hydrogen) atoms. The molecule has 2 aromatic carbocycles. The standard InChI is InChI=1S/C22H28N4O4/c1-3-23-22(28)26(17-10-11-19-20(14-17)30-15-29-19)13-7-6-12-24-21(27)25-18-9-5-4-8-16(18)2/h4-5,8-11,14H,3,6-7,12-13,15H2,1-2H3,(H,23,28)(H2,24,25,27). The Labute approximate surface area is 176 Å². The first kappa shape index (κ1) is 21.3. The zero-order valence-corrected chi connectivity index (χ0v) is 17.4. The third kappa shape index (κ3) is 5.56. The Bertz CT molecular complexity index is 887. The summed E-state index contributed by atoms with van der Waals surface area (Å²) in [7, 11) is 0. The van der Waals surface area contributed by atoms with Crippen molar-refractivity contribution in [2.75, 3.05) is 36.6 Å². The summed E-state index contributed by atoms with van der Waals surface area (Å²) < 4.78 is 10.8. The number of nitrogens with zero attached hydrogens (tertiary/aromatic N) is 1. The molecule has 8 heteroatoms. The molecule has 0 aromatic heterocycles. The Balaban J connectivity index is 1.48. The molecular formula is C22H28N4O4. The van der Waals surface area contributed by atoms with Gasteiger partial charge < -0.3 is 25.4 Å². The molecule has 160 valence electrons. The van der Waals surface area contributed by atoms with Crippen molar-refractivity contribution >= 4 is 23.4 Å². The highest BCUT2D eigenvalue weighted by Crippen LogP contribution is 2.35. The summed E-state index contributed by atoms with van der Waals surface area (Å²) in [4.78, 5) is 26.3. The highest BCUT2D eigenvalue weighted by molar-refractivity contribution is 5.92. The number of hydrogen-bond acceptors (Lipinski definition) is 4. The molecular weight excluding hydrogens is 384 g/mol. The third-order valence-corrected chi connectivity index (χ3v) is 4.73. The number of benzene rings is 2. The number of fused-ring (bicyclic) bond motifs is 1. The molecule has 0 bridgehead atoms. The highest BCUT2D eigenvalue weighted by Gasteiger charge is 2.19. The van der Waals surface area contributed by atoms with Gasteiger partial charge in [-0.15, -0.1) is 0 Å². The molecule has 1 aliphatic heterocycles. The van der Waals surface area contributed by atoms with Gasteiger partial charge in [0.25, 0.3) is 0 Å². The van der Waals surface area contributed by atoms with Gasteiger partial charge in [0, 0.05) is 37.1 Å². The summed E-state index contributed by atoms with van der Waals surface area (Å²) in [6, 6.07) is 12.7. The summed E-state index contributed by atoms with van der Waals surface area (Å²) >= 11 is 0. The fraction of sp³-hybridized carbons (Fsp3) is 0.364. The normalized spacial score (nSPS) is 11.7. The highest BCUT2D eigenvalue weighted by atomic mass is 16.7. The fourth-order valence-corrected chi connectivity index (χ4v) is 3.12. The average Bonchev–Trinajstić information content (AvgIpc) is 3.20. The minimum absolute atomic E-state index is 0.165. The van der Waals surface area contributed by atoms with E-state index in [-0.39, 0.29) is 18.9 Å². The number of para-hydroxylation sites is 1. The summed E-state index contributed by atoms with van der Waals surface area (Å²) in [5.74, 6) is 1.31. The lowest BCUT2D eigenvalue weighted by atomic mass is 10.2. The van der Waals surface area contributed by atoms with Gasteiger partial charge in [0.2, 0.25) is 6.79 Å². The molecule has 0 saturated carbocycles. The molecule has 3 rings (SSSR count). The number of urea groups is 2. The SMILES string of the molecule is CCNC(=O)N(CCCCNC(=O)Nc1ccccc1C)c1ccc2c(c1)OCO2. The van der Waals surface area contributed by atoms with Crippen molar-refractivity contribution < 1.29 is 19.1 Å². The number of carbonyl (C=O) groups is 2. The lowest BCUT2D eigenvalue weighted by molar-refractivity contribution is 0.174. The number of ether oxygens (including phenoxy) is 2. The quantitative estimate of drug-likeness (QED) is 0.574.